The molecule has 1 fully saturated rings. The molecule has 0 aliphatic heterocycles. The summed E-state index contributed by atoms with van der Waals surface area (Å²) < 4.78 is 13.0. The van der Waals surface area contributed by atoms with Gasteiger partial charge in [0.1, 0.15) is 11.6 Å². The van der Waals surface area contributed by atoms with Gasteiger partial charge in [-0.2, -0.15) is 4.98 Å². The van der Waals surface area contributed by atoms with Gasteiger partial charge in [0.15, 0.2) is 0 Å². The number of hydrogen-bond donors (Lipinski definition) is 2. The number of hydrogen-bond acceptors (Lipinski definition) is 5. The molecule has 31 heavy (non-hydrogen) atoms. The van der Waals surface area contributed by atoms with Gasteiger partial charge in [-0.15, -0.1) is 0 Å². The number of aryl methyl sites for hydroxylation is 1. The Morgan fingerprint density at radius 3 is 2.48 bits per heavy atom. The summed E-state index contributed by atoms with van der Waals surface area (Å²) >= 11 is 0. The Labute approximate surface area is 183 Å². The number of nitrogens with one attached hydrogen (secondary N) is 2. The van der Waals surface area contributed by atoms with E-state index in [1.54, 1.807) is 0 Å². The van der Waals surface area contributed by atoms with Crippen molar-refractivity contribution >= 4 is 17.7 Å². The molecular weight excluding hydrogens is 393 g/mol. The first-order valence-electron chi connectivity index (χ1n) is 11.4. The fraction of sp³-hybridized carbons (Fsp3) is 0.542. The molecular formula is C24H32FN5O. The normalized spacial score (nSPS) is 20.6. The quantitative estimate of drug-likeness (QED) is 0.733. The maximum atomic E-state index is 13.0. The number of aromatic nitrogens is 2. The molecule has 2 aliphatic carbocycles. The number of carbonyl (C=O) groups excluding carboxylic acids is 1. The summed E-state index contributed by atoms with van der Waals surface area (Å²) in [5.41, 5.74) is 3.00. The van der Waals surface area contributed by atoms with Crippen LogP contribution in [-0.2, 0) is 12.8 Å². The number of fused-ring (bicyclic) bond motifs is 1. The molecule has 0 atom stereocenters. The van der Waals surface area contributed by atoms with E-state index in [0.717, 1.165) is 50.3 Å². The fourth-order valence-electron chi connectivity index (χ4n) is 4.64. The van der Waals surface area contributed by atoms with E-state index in [1.165, 1.54) is 48.4 Å². The molecule has 0 spiro atoms. The molecule has 166 valence electrons. The topological polar surface area (TPSA) is 70.2 Å². The highest BCUT2D eigenvalue weighted by Gasteiger charge is 2.24. The number of rotatable bonds is 6. The van der Waals surface area contributed by atoms with Crippen molar-refractivity contribution in [3.63, 3.8) is 0 Å². The minimum absolute atomic E-state index is 0.140. The molecule has 1 saturated carbocycles. The molecule has 0 bridgehead atoms. The Balaban J connectivity index is 1.29. The van der Waals surface area contributed by atoms with Crippen molar-refractivity contribution in [2.45, 2.75) is 57.4 Å². The maximum absolute atomic E-state index is 13.0. The lowest BCUT2D eigenvalue weighted by Gasteiger charge is -2.30. The second-order valence-corrected chi connectivity index (χ2v) is 8.98. The van der Waals surface area contributed by atoms with Crippen molar-refractivity contribution in [1.82, 2.24) is 15.3 Å². The monoisotopic (exact) mass is 425 g/mol. The van der Waals surface area contributed by atoms with Gasteiger partial charge in [-0.3, -0.25) is 4.79 Å². The van der Waals surface area contributed by atoms with Gasteiger partial charge >= 0.3 is 0 Å². The van der Waals surface area contributed by atoms with E-state index in [1.807, 2.05) is 14.1 Å². The first-order chi connectivity index (χ1) is 15.0. The van der Waals surface area contributed by atoms with E-state index in [4.69, 9.17) is 9.97 Å². The summed E-state index contributed by atoms with van der Waals surface area (Å²) in [6.07, 6.45) is 8.69. The van der Waals surface area contributed by atoms with Gasteiger partial charge in [0, 0.05) is 37.8 Å². The number of nitrogens with zero attached hydrogens (tertiary/aromatic N) is 3. The van der Waals surface area contributed by atoms with Gasteiger partial charge in [0.2, 0.25) is 5.95 Å². The van der Waals surface area contributed by atoms with E-state index >= 15 is 0 Å². The molecule has 7 heteroatoms. The van der Waals surface area contributed by atoms with Crippen LogP contribution in [-0.4, -0.2) is 42.6 Å². The predicted octanol–water partition coefficient (Wildman–Crippen LogP) is 3.96. The van der Waals surface area contributed by atoms with Gasteiger partial charge in [0.25, 0.3) is 5.91 Å². The number of benzene rings is 1. The van der Waals surface area contributed by atoms with Crippen LogP contribution in [0.2, 0.25) is 0 Å². The van der Waals surface area contributed by atoms with Crippen molar-refractivity contribution in [3.8, 4) is 0 Å². The van der Waals surface area contributed by atoms with E-state index in [9.17, 15) is 9.18 Å². The van der Waals surface area contributed by atoms with E-state index in [0.29, 0.717) is 24.1 Å². The molecule has 1 amide bonds. The summed E-state index contributed by atoms with van der Waals surface area (Å²) in [4.78, 5) is 24.0. The number of carbonyl (C=O) groups is 1. The van der Waals surface area contributed by atoms with E-state index in [2.05, 4.69) is 15.5 Å². The molecule has 2 N–H and O–H groups in total. The summed E-state index contributed by atoms with van der Waals surface area (Å²) in [7, 11) is 4.10. The molecule has 1 aromatic heterocycles. The van der Waals surface area contributed by atoms with Crippen molar-refractivity contribution in [3.05, 3.63) is 46.9 Å². The van der Waals surface area contributed by atoms with Crippen LogP contribution in [0.3, 0.4) is 0 Å². The summed E-state index contributed by atoms with van der Waals surface area (Å²) in [6.45, 7) is 0.656. The molecule has 0 radical (unpaired) electrons. The van der Waals surface area contributed by atoms with Crippen LogP contribution in [0.15, 0.2) is 24.3 Å². The number of halogens is 1. The van der Waals surface area contributed by atoms with Gasteiger partial charge in [-0.1, -0.05) is 0 Å². The number of anilines is 2. The van der Waals surface area contributed by atoms with Crippen molar-refractivity contribution < 1.29 is 9.18 Å². The van der Waals surface area contributed by atoms with Crippen molar-refractivity contribution in [2.75, 3.05) is 30.9 Å². The van der Waals surface area contributed by atoms with Crippen LogP contribution in [0.5, 0.6) is 0 Å². The molecule has 6 nitrogen and oxygen atoms in total. The molecule has 0 saturated heterocycles. The highest BCUT2D eigenvalue weighted by atomic mass is 19.1. The lowest BCUT2D eigenvalue weighted by Crippen LogP contribution is -2.34. The Bertz CT molecular complexity index is 907. The minimum Gasteiger partial charge on any atom is -0.362 e. The molecule has 2 aliphatic rings. The second kappa shape index (κ2) is 9.62. The van der Waals surface area contributed by atoms with Crippen LogP contribution in [0.4, 0.5) is 16.2 Å². The number of amides is 1. The van der Waals surface area contributed by atoms with Gasteiger partial charge < -0.3 is 15.5 Å². The van der Waals surface area contributed by atoms with Crippen molar-refractivity contribution in [1.29, 1.82) is 0 Å². The summed E-state index contributed by atoms with van der Waals surface area (Å²) in [5.74, 6) is 1.79. The third-order valence-electron chi connectivity index (χ3n) is 6.42. The first kappa shape index (κ1) is 21.5. The molecule has 1 aromatic carbocycles. The lowest BCUT2D eigenvalue weighted by molar-refractivity contribution is 0.0943. The van der Waals surface area contributed by atoms with Crippen molar-refractivity contribution in [2.24, 2.45) is 5.92 Å². The smallest absolute Gasteiger partial charge is 0.251 e. The van der Waals surface area contributed by atoms with E-state index in [-0.39, 0.29) is 11.7 Å². The zero-order chi connectivity index (χ0) is 21.8. The Kier molecular flexibility index (Phi) is 6.68. The van der Waals surface area contributed by atoms with Gasteiger partial charge in [0.05, 0.1) is 5.69 Å². The standard InChI is InChI=1S/C24H32FN5O/c1-30(2)22-20-5-3-4-6-21(20)28-24(29-22)27-19-13-7-16(8-14-19)15-26-23(31)17-9-11-18(25)12-10-17/h9-12,16,19H,3-8,13-15H2,1-2H3,(H,26,31)(H,27,28,29)/t16-,19+. The summed E-state index contributed by atoms with van der Waals surface area (Å²) in [5, 5.41) is 6.57. The second-order valence-electron chi connectivity index (χ2n) is 8.98. The zero-order valence-corrected chi connectivity index (χ0v) is 18.5. The third kappa shape index (κ3) is 5.32. The predicted molar refractivity (Wildman–Crippen MR) is 121 cm³/mol. The SMILES string of the molecule is CN(C)c1nc(N[C@H]2CC[C@@H](CNC(=O)c3ccc(F)cc3)CC2)nc2c1CCCC2. The molecule has 1 heterocycles. The highest BCUT2D eigenvalue weighted by molar-refractivity contribution is 5.94. The zero-order valence-electron chi connectivity index (χ0n) is 18.5. The lowest BCUT2D eigenvalue weighted by atomic mass is 9.86. The van der Waals surface area contributed by atoms with Crippen LogP contribution in [0.25, 0.3) is 0 Å². The van der Waals surface area contributed by atoms with Crippen LogP contribution in [0.1, 0.15) is 60.1 Å². The maximum Gasteiger partial charge on any atom is 0.251 e. The Morgan fingerprint density at radius 1 is 1.06 bits per heavy atom. The first-order valence-corrected chi connectivity index (χ1v) is 11.4. The summed E-state index contributed by atoms with van der Waals surface area (Å²) in [6, 6.07) is 6.03. The molecule has 4 rings (SSSR count). The fourth-order valence-corrected chi connectivity index (χ4v) is 4.64. The molecule has 2 aromatic rings. The van der Waals surface area contributed by atoms with Crippen LogP contribution in [0, 0.1) is 11.7 Å². The van der Waals surface area contributed by atoms with Gasteiger partial charge in [-0.05, 0) is 81.5 Å². The van der Waals surface area contributed by atoms with Crippen LogP contribution >= 0.6 is 0 Å². The largest absolute Gasteiger partial charge is 0.362 e. The average molecular weight is 426 g/mol. The Hall–Kier alpha value is -2.70. The average Bonchev–Trinajstić information content (AvgIpc) is 2.78. The Morgan fingerprint density at radius 2 is 1.77 bits per heavy atom. The molecule has 0 unspecified atom stereocenters. The van der Waals surface area contributed by atoms with Gasteiger partial charge in [-0.25, -0.2) is 9.37 Å². The van der Waals surface area contributed by atoms with Crippen LogP contribution < -0.4 is 15.5 Å². The third-order valence-corrected chi connectivity index (χ3v) is 6.42. The minimum atomic E-state index is -0.331. The highest BCUT2D eigenvalue weighted by Crippen LogP contribution is 2.30. The van der Waals surface area contributed by atoms with E-state index < -0.39 is 0 Å².